The van der Waals surface area contributed by atoms with Gasteiger partial charge in [-0.15, -0.1) is 11.3 Å². The number of ether oxygens (including phenoxy) is 2. The molecule has 0 bridgehead atoms. The summed E-state index contributed by atoms with van der Waals surface area (Å²) in [6.45, 7) is 5.38. The molecule has 0 fully saturated rings. The lowest BCUT2D eigenvalue weighted by molar-refractivity contribution is 0.0655. The molecular weight excluding hydrogens is 350 g/mol. The van der Waals surface area contributed by atoms with Crippen molar-refractivity contribution in [2.45, 2.75) is 26.0 Å². The number of hydrogen-bond donors (Lipinski definition) is 3. The summed E-state index contributed by atoms with van der Waals surface area (Å²) in [6, 6.07) is 9.60. The molecule has 0 spiro atoms. The van der Waals surface area contributed by atoms with Gasteiger partial charge in [-0.05, 0) is 43.0 Å². The Morgan fingerprint density at radius 2 is 1.96 bits per heavy atom. The van der Waals surface area contributed by atoms with Gasteiger partial charge in [-0.25, -0.2) is 4.99 Å². The number of rotatable bonds is 8. The van der Waals surface area contributed by atoms with E-state index < -0.39 is 5.60 Å². The van der Waals surface area contributed by atoms with Crippen molar-refractivity contribution in [3.63, 3.8) is 0 Å². The molecule has 3 N–H and O–H groups in total. The molecule has 1 heterocycles. The molecule has 0 amide bonds. The van der Waals surface area contributed by atoms with Gasteiger partial charge in [0.25, 0.3) is 0 Å². The third-order valence-electron chi connectivity index (χ3n) is 3.86. The normalized spacial score (nSPS) is 13.8. The van der Waals surface area contributed by atoms with Gasteiger partial charge in [0.1, 0.15) is 5.60 Å². The molecule has 1 aromatic carbocycles. The number of aliphatic imine (C=N–C) groups is 1. The molecule has 0 radical (unpaired) electrons. The largest absolute Gasteiger partial charge is 0.493 e. The fourth-order valence-electron chi connectivity index (χ4n) is 2.42. The SMILES string of the molecule is CCNC(=NCc1ccc(OC)c(OC)c1)NCC(C)(O)c1cccs1. The number of nitrogens with zero attached hydrogens (tertiary/aromatic N) is 1. The van der Waals surface area contributed by atoms with Crippen molar-refractivity contribution >= 4 is 17.3 Å². The Bertz CT molecular complexity index is 715. The average Bonchev–Trinajstić information content (AvgIpc) is 3.19. The number of hydrogen-bond acceptors (Lipinski definition) is 5. The fourth-order valence-corrected chi connectivity index (χ4v) is 3.21. The zero-order valence-corrected chi connectivity index (χ0v) is 16.5. The van der Waals surface area contributed by atoms with Crippen molar-refractivity contribution in [2.24, 2.45) is 4.99 Å². The van der Waals surface area contributed by atoms with Crippen molar-refractivity contribution in [1.82, 2.24) is 10.6 Å². The van der Waals surface area contributed by atoms with E-state index in [-0.39, 0.29) is 0 Å². The predicted octanol–water partition coefficient (Wildman–Crippen LogP) is 2.73. The van der Waals surface area contributed by atoms with Gasteiger partial charge in [0.15, 0.2) is 17.5 Å². The molecule has 1 atom stereocenters. The number of aliphatic hydroxyl groups is 1. The molecule has 6 nitrogen and oxygen atoms in total. The molecule has 1 aromatic heterocycles. The van der Waals surface area contributed by atoms with Crippen LogP contribution in [0.25, 0.3) is 0 Å². The standard InChI is InChI=1S/C19H27N3O3S/c1-5-20-18(22-13-19(2,23)17-7-6-10-26-17)21-12-14-8-9-15(24-3)16(11-14)25-4/h6-11,23H,5,12-13H2,1-4H3,(H2,20,21,22). The number of nitrogens with one attached hydrogen (secondary N) is 2. The van der Waals surface area contributed by atoms with Crippen molar-refractivity contribution in [3.8, 4) is 11.5 Å². The molecule has 2 aromatic rings. The summed E-state index contributed by atoms with van der Waals surface area (Å²) in [5.41, 5.74) is 0.0538. The third-order valence-corrected chi connectivity index (χ3v) is 4.99. The number of guanidine groups is 1. The molecule has 0 aliphatic rings. The van der Waals surface area contributed by atoms with Crippen molar-refractivity contribution < 1.29 is 14.6 Å². The quantitative estimate of drug-likeness (QED) is 0.487. The van der Waals surface area contributed by atoms with Crippen molar-refractivity contribution in [1.29, 1.82) is 0 Å². The number of benzene rings is 1. The molecular formula is C19H27N3O3S. The summed E-state index contributed by atoms with van der Waals surface area (Å²) in [6.07, 6.45) is 0. The maximum absolute atomic E-state index is 10.6. The maximum Gasteiger partial charge on any atom is 0.191 e. The summed E-state index contributed by atoms with van der Waals surface area (Å²) in [4.78, 5) is 5.51. The first-order valence-corrected chi connectivity index (χ1v) is 9.37. The lowest BCUT2D eigenvalue weighted by Crippen LogP contribution is -2.44. The van der Waals surface area contributed by atoms with E-state index >= 15 is 0 Å². The summed E-state index contributed by atoms with van der Waals surface area (Å²) < 4.78 is 10.6. The van der Waals surface area contributed by atoms with Gasteiger partial charge in [0.05, 0.1) is 27.3 Å². The van der Waals surface area contributed by atoms with Gasteiger partial charge in [0, 0.05) is 11.4 Å². The highest BCUT2D eigenvalue weighted by atomic mass is 32.1. The van der Waals surface area contributed by atoms with Gasteiger partial charge in [-0.1, -0.05) is 12.1 Å². The van der Waals surface area contributed by atoms with Gasteiger partial charge >= 0.3 is 0 Å². The zero-order chi connectivity index (χ0) is 19.0. The highest BCUT2D eigenvalue weighted by Crippen LogP contribution is 2.28. The summed E-state index contributed by atoms with van der Waals surface area (Å²) in [5.74, 6) is 2.02. The van der Waals surface area contributed by atoms with Crippen molar-refractivity contribution in [3.05, 3.63) is 46.2 Å². The van der Waals surface area contributed by atoms with E-state index in [0.29, 0.717) is 30.5 Å². The van der Waals surface area contributed by atoms with Gasteiger partial charge in [-0.3, -0.25) is 0 Å². The van der Waals surface area contributed by atoms with Crippen LogP contribution in [0.5, 0.6) is 11.5 Å². The van der Waals surface area contributed by atoms with E-state index in [1.165, 1.54) is 11.3 Å². The first kappa shape index (κ1) is 20.1. The number of thiophene rings is 1. The predicted molar refractivity (Wildman–Crippen MR) is 106 cm³/mol. The third kappa shape index (κ3) is 5.37. The molecule has 0 aliphatic heterocycles. The highest BCUT2D eigenvalue weighted by molar-refractivity contribution is 7.10. The molecule has 0 saturated carbocycles. The Morgan fingerprint density at radius 3 is 2.58 bits per heavy atom. The van der Waals surface area contributed by atoms with Crippen LogP contribution in [0.1, 0.15) is 24.3 Å². The van der Waals surface area contributed by atoms with Gasteiger partial charge in [-0.2, -0.15) is 0 Å². The Balaban J connectivity index is 2.04. The second kappa shape index (κ2) is 9.45. The first-order chi connectivity index (χ1) is 12.5. The van der Waals surface area contributed by atoms with Crippen LogP contribution >= 0.6 is 11.3 Å². The Morgan fingerprint density at radius 1 is 1.19 bits per heavy atom. The smallest absolute Gasteiger partial charge is 0.191 e. The Kier molecular flexibility index (Phi) is 7.29. The van der Waals surface area contributed by atoms with Crippen LogP contribution in [0.3, 0.4) is 0 Å². The van der Waals surface area contributed by atoms with E-state index in [4.69, 9.17) is 9.47 Å². The first-order valence-electron chi connectivity index (χ1n) is 8.49. The second-order valence-corrected chi connectivity index (χ2v) is 6.94. The molecule has 142 valence electrons. The van der Waals surface area contributed by atoms with Gasteiger partial charge < -0.3 is 25.2 Å². The highest BCUT2D eigenvalue weighted by Gasteiger charge is 2.24. The van der Waals surface area contributed by atoms with Crippen LogP contribution in [0, 0.1) is 0 Å². The molecule has 26 heavy (non-hydrogen) atoms. The van der Waals surface area contributed by atoms with E-state index in [2.05, 4.69) is 15.6 Å². The zero-order valence-electron chi connectivity index (χ0n) is 15.7. The average molecular weight is 378 g/mol. The number of methoxy groups -OCH3 is 2. The van der Waals surface area contributed by atoms with Crippen molar-refractivity contribution in [2.75, 3.05) is 27.3 Å². The van der Waals surface area contributed by atoms with E-state index in [1.807, 2.05) is 42.6 Å². The van der Waals surface area contributed by atoms with Crippen LogP contribution < -0.4 is 20.1 Å². The minimum absolute atomic E-state index is 0.366. The molecule has 0 aliphatic carbocycles. The summed E-state index contributed by atoms with van der Waals surface area (Å²) >= 11 is 1.54. The minimum Gasteiger partial charge on any atom is -0.493 e. The maximum atomic E-state index is 10.6. The Labute approximate surface area is 158 Å². The van der Waals surface area contributed by atoms with Crippen LogP contribution in [-0.4, -0.2) is 38.4 Å². The van der Waals surface area contributed by atoms with Gasteiger partial charge in [0.2, 0.25) is 0 Å². The molecule has 1 unspecified atom stereocenters. The molecule has 0 saturated heterocycles. The molecule has 7 heteroatoms. The lowest BCUT2D eigenvalue weighted by Gasteiger charge is -2.23. The summed E-state index contributed by atoms with van der Waals surface area (Å²) in [5, 5.41) is 19.0. The Hall–Kier alpha value is -2.25. The van der Waals surface area contributed by atoms with E-state index in [9.17, 15) is 5.11 Å². The topological polar surface area (TPSA) is 75.1 Å². The summed E-state index contributed by atoms with van der Waals surface area (Å²) in [7, 11) is 3.23. The van der Waals surface area contributed by atoms with Crippen LogP contribution in [-0.2, 0) is 12.1 Å². The molecule has 2 rings (SSSR count). The van der Waals surface area contributed by atoms with Crippen LogP contribution in [0.15, 0.2) is 40.7 Å². The van der Waals surface area contributed by atoms with E-state index in [0.717, 1.165) is 17.0 Å². The van der Waals surface area contributed by atoms with Crippen LogP contribution in [0.4, 0.5) is 0 Å². The monoisotopic (exact) mass is 377 g/mol. The minimum atomic E-state index is -0.951. The van der Waals surface area contributed by atoms with E-state index in [1.54, 1.807) is 21.1 Å². The lowest BCUT2D eigenvalue weighted by atomic mass is 10.1. The second-order valence-electron chi connectivity index (χ2n) is 5.99. The fraction of sp³-hybridized carbons (Fsp3) is 0.421. The van der Waals surface area contributed by atoms with Crippen LogP contribution in [0.2, 0.25) is 0 Å².